The molecule has 0 heterocycles. The van der Waals surface area contributed by atoms with Crippen molar-refractivity contribution in [2.24, 2.45) is 5.92 Å². The standard InChI is InChI=1S/C11H21NS/c1-13-11-4-2-3-10(11)12-8-7-9-5-6-9/h9-12H,2-8H2,1H3. The summed E-state index contributed by atoms with van der Waals surface area (Å²) >= 11 is 2.05. The van der Waals surface area contributed by atoms with E-state index >= 15 is 0 Å². The van der Waals surface area contributed by atoms with Crippen molar-refractivity contribution >= 4 is 11.8 Å². The maximum absolute atomic E-state index is 3.73. The largest absolute Gasteiger partial charge is 0.313 e. The van der Waals surface area contributed by atoms with Crippen LogP contribution in [0.25, 0.3) is 0 Å². The third-order valence-corrected chi connectivity index (χ3v) is 4.58. The molecule has 2 aliphatic rings. The van der Waals surface area contributed by atoms with Crippen molar-refractivity contribution in [2.75, 3.05) is 12.8 Å². The first-order valence-electron chi connectivity index (χ1n) is 5.66. The molecule has 1 nitrogen and oxygen atoms in total. The molecule has 2 heteroatoms. The number of nitrogens with one attached hydrogen (secondary N) is 1. The molecule has 2 fully saturated rings. The Labute approximate surface area is 86.0 Å². The van der Waals surface area contributed by atoms with E-state index in [-0.39, 0.29) is 0 Å². The van der Waals surface area contributed by atoms with E-state index in [1.54, 1.807) is 0 Å². The average Bonchev–Trinajstić information content (AvgIpc) is 2.84. The molecule has 0 radical (unpaired) electrons. The number of hydrogen-bond acceptors (Lipinski definition) is 2. The summed E-state index contributed by atoms with van der Waals surface area (Å²) in [5, 5.41) is 4.64. The molecule has 0 aromatic carbocycles. The lowest BCUT2D eigenvalue weighted by molar-refractivity contribution is 0.509. The van der Waals surface area contributed by atoms with Gasteiger partial charge in [-0.2, -0.15) is 11.8 Å². The van der Waals surface area contributed by atoms with Crippen LogP contribution in [0.3, 0.4) is 0 Å². The van der Waals surface area contributed by atoms with Crippen LogP contribution in [0.4, 0.5) is 0 Å². The topological polar surface area (TPSA) is 12.0 Å². The van der Waals surface area contributed by atoms with Gasteiger partial charge < -0.3 is 5.32 Å². The molecule has 2 unspecified atom stereocenters. The summed E-state index contributed by atoms with van der Waals surface area (Å²) in [6.45, 7) is 1.27. The first-order chi connectivity index (χ1) is 6.40. The van der Waals surface area contributed by atoms with Crippen molar-refractivity contribution in [3.8, 4) is 0 Å². The quantitative estimate of drug-likeness (QED) is 0.730. The van der Waals surface area contributed by atoms with Crippen LogP contribution in [-0.2, 0) is 0 Å². The van der Waals surface area contributed by atoms with Gasteiger partial charge in [0.05, 0.1) is 0 Å². The monoisotopic (exact) mass is 199 g/mol. The third kappa shape index (κ3) is 2.88. The van der Waals surface area contributed by atoms with Crippen molar-refractivity contribution in [1.82, 2.24) is 5.32 Å². The zero-order valence-corrected chi connectivity index (χ0v) is 9.41. The van der Waals surface area contributed by atoms with Gasteiger partial charge in [-0.3, -0.25) is 0 Å². The molecule has 0 spiro atoms. The lowest BCUT2D eigenvalue weighted by Gasteiger charge is -2.18. The van der Waals surface area contributed by atoms with Crippen molar-refractivity contribution < 1.29 is 0 Å². The Balaban J connectivity index is 1.61. The van der Waals surface area contributed by atoms with Crippen LogP contribution in [0, 0.1) is 5.92 Å². The molecule has 0 aromatic heterocycles. The van der Waals surface area contributed by atoms with E-state index in [2.05, 4.69) is 23.3 Å². The number of hydrogen-bond donors (Lipinski definition) is 1. The summed E-state index contributed by atoms with van der Waals surface area (Å²) in [5.74, 6) is 1.08. The second-order valence-electron chi connectivity index (χ2n) is 4.50. The second-order valence-corrected chi connectivity index (χ2v) is 5.57. The molecular formula is C11H21NS. The molecule has 2 aliphatic carbocycles. The van der Waals surface area contributed by atoms with E-state index in [0.717, 1.165) is 17.2 Å². The predicted molar refractivity (Wildman–Crippen MR) is 60.3 cm³/mol. The van der Waals surface area contributed by atoms with E-state index in [1.165, 1.54) is 45.1 Å². The molecule has 76 valence electrons. The van der Waals surface area contributed by atoms with Gasteiger partial charge >= 0.3 is 0 Å². The highest BCUT2D eigenvalue weighted by Crippen LogP contribution is 2.32. The Morgan fingerprint density at radius 1 is 1.23 bits per heavy atom. The van der Waals surface area contributed by atoms with Gasteiger partial charge in [-0.05, 0) is 38.0 Å². The molecule has 0 amide bonds. The van der Waals surface area contributed by atoms with Crippen molar-refractivity contribution in [2.45, 2.75) is 49.8 Å². The van der Waals surface area contributed by atoms with Crippen LogP contribution in [0.15, 0.2) is 0 Å². The summed E-state index contributed by atoms with van der Waals surface area (Å²) < 4.78 is 0. The van der Waals surface area contributed by atoms with Crippen LogP contribution in [-0.4, -0.2) is 24.1 Å². The first kappa shape index (κ1) is 9.85. The molecular weight excluding hydrogens is 178 g/mol. The lowest BCUT2D eigenvalue weighted by Crippen LogP contribution is -2.34. The van der Waals surface area contributed by atoms with Crippen molar-refractivity contribution in [1.29, 1.82) is 0 Å². The minimum Gasteiger partial charge on any atom is -0.313 e. The summed E-state index contributed by atoms with van der Waals surface area (Å²) in [7, 11) is 0. The van der Waals surface area contributed by atoms with E-state index in [4.69, 9.17) is 0 Å². The zero-order chi connectivity index (χ0) is 9.10. The highest BCUT2D eigenvalue weighted by molar-refractivity contribution is 7.99. The molecule has 2 saturated carbocycles. The first-order valence-corrected chi connectivity index (χ1v) is 6.95. The van der Waals surface area contributed by atoms with Gasteiger partial charge in [0.1, 0.15) is 0 Å². The minimum atomic E-state index is 0.828. The fraction of sp³-hybridized carbons (Fsp3) is 1.00. The van der Waals surface area contributed by atoms with Crippen LogP contribution in [0.1, 0.15) is 38.5 Å². The van der Waals surface area contributed by atoms with E-state index < -0.39 is 0 Å². The maximum atomic E-state index is 3.73. The summed E-state index contributed by atoms with van der Waals surface area (Å²) in [5.41, 5.74) is 0. The predicted octanol–water partition coefficient (Wildman–Crippen LogP) is 2.66. The summed E-state index contributed by atoms with van der Waals surface area (Å²) in [6.07, 6.45) is 11.0. The van der Waals surface area contributed by atoms with Gasteiger partial charge in [0.15, 0.2) is 0 Å². The molecule has 0 aliphatic heterocycles. The van der Waals surface area contributed by atoms with Crippen LogP contribution >= 0.6 is 11.8 Å². The molecule has 0 saturated heterocycles. The zero-order valence-electron chi connectivity index (χ0n) is 8.59. The molecule has 0 bridgehead atoms. The SMILES string of the molecule is CSC1CCCC1NCCC1CC1. The Bertz CT molecular complexity index is 156. The van der Waals surface area contributed by atoms with Crippen molar-refractivity contribution in [3.63, 3.8) is 0 Å². The number of rotatable bonds is 5. The van der Waals surface area contributed by atoms with Gasteiger partial charge in [0, 0.05) is 11.3 Å². The average molecular weight is 199 g/mol. The van der Waals surface area contributed by atoms with Gasteiger partial charge in [-0.1, -0.05) is 19.3 Å². The van der Waals surface area contributed by atoms with Gasteiger partial charge in [0.25, 0.3) is 0 Å². The molecule has 13 heavy (non-hydrogen) atoms. The molecule has 2 rings (SSSR count). The van der Waals surface area contributed by atoms with Crippen molar-refractivity contribution in [3.05, 3.63) is 0 Å². The fourth-order valence-corrected chi connectivity index (χ4v) is 3.28. The summed E-state index contributed by atoms with van der Waals surface area (Å²) in [4.78, 5) is 0. The highest BCUT2D eigenvalue weighted by atomic mass is 32.2. The molecule has 2 atom stereocenters. The van der Waals surface area contributed by atoms with E-state index in [0.29, 0.717) is 0 Å². The second kappa shape index (κ2) is 4.70. The number of thioether (sulfide) groups is 1. The van der Waals surface area contributed by atoms with Gasteiger partial charge in [0.2, 0.25) is 0 Å². The van der Waals surface area contributed by atoms with Crippen LogP contribution in [0.5, 0.6) is 0 Å². The maximum Gasteiger partial charge on any atom is 0.0198 e. The third-order valence-electron chi connectivity index (χ3n) is 3.41. The van der Waals surface area contributed by atoms with E-state index in [9.17, 15) is 0 Å². The van der Waals surface area contributed by atoms with E-state index in [1.807, 2.05) is 0 Å². The van der Waals surface area contributed by atoms with Gasteiger partial charge in [-0.25, -0.2) is 0 Å². The fourth-order valence-electron chi connectivity index (χ4n) is 2.32. The van der Waals surface area contributed by atoms with Gasteiger partial charge in [-0.15, -0.1) is 0 Å². The Morgan fingerprint density at radius 3 is 2.77 bits per heavy atom. The molecule has 1 N–H and O–H groups in total. The Kier molecular flexibility index (Phi) is 3.56. The summed E-state index contributed by atoms with van der Waals surface area (Å²) in [6, 6.07) is 0.828. The highest BCUT2D eigenvalue weighted by Gasteiger charge is 2.26. The molecule has 0 aromatic rings. The lowest BCUT2D eigenvalue weighted by atomic mass is 10.2. The van der Waals surface area contributed by atoms with Crippen LogP contribution < -0.4 is 5.32 Å². The Morgan fingerprint density at radius 2 is 2.08 bits per heavy atom. The smallest absolute Gasteiger partial charge is 0.0198 e. The normalized spacial score (nSPS) is 33.9. The van der Waals surface area contributed by atoms with Crippen LogP contribution in [0.2, 0.25) is 0 Å². The Hall–Kier alpha value is 0.310. The minimum absolute atomic E-state index is 0.828.